The van der Waals surface area contributed by atoms with Crippen LogP contribution in [0.25, 0.3) is 0 Å². The van der Waals surface area contributed by atoms with Crippen molar-refractivity contribution in [3.63, 3.8) is 0 Å². The van der Waals surface area contributed by atoms with E-state index in [9.17, 15) is 0 Å². The zero-order valence-corrected chi connectivity index (χ0v) is 18.4. The number of rotatable bonds is 10. The minimum Gasteiger partial charge on any atom is -0.379 e. The smallest absolute Gasteiger partial charge is 0.191 e. The largest absolute Gasteiger partial charge is 0.379 e. The molecule has 0 atom stereocenters. The third kappa shape index (κ3) is 10.6. The van der Waals surface area contributed by atoms with Gasteiger partial charge in [-0.2, -0.15) is 0 Å². The van der Waals surface area contributed by atoms with Crippen LogP contribution in [0.1, 0.15) is 58.3 Å². The number of hydrogen-bond acceptors (Lipinski definition) is 3. The third-order valence-electron chi connectivity index (χ3n) is 5.16. The molecule has 0 bridgehead atoms. The van der Waals surface area contributed by atoms with E-state index in [1.807, 2.05) is 0 Å². The second-order valence-corrected chi connectivity index (χ2v) is 7.14. The van der Waals surface area contributed by atoms with Crippen LogP contribution >= 0.6 is 24.0 Å². The number of unbranched alkanes of at least 4 members (excludes halogenated alkanes) is 1. The molecule has 1 aliphatic heterocycles. The van der Waals surface area contributed by atoms with E-state index < -0.39 is 0 Å². The number of morpholine rings is 1. The number of hydrogen-bond donors (Lipinski definition) is 2. The van der Waals surface area contributed by atoms with Crippen LogP contribution in [0, 0.1) is 5.92 Å². The monoisotopic (exact) mass is 466 g/mol. The highest BCUT2D eigenvalue weighted by Crippen LogP contribution is 2.28. The minimum atomic E-state index is 0. The average molecular weight is 466 g/mol. The van der Waals surface area contributed by atoms with Crippen molar-refractivity contribution in [2.24, 2.45) is 10.9 Å². The Hall–Kier alpha value is -0.0800. The van der Waals surface area contributed by atoms with Crippen LogP contribution in [-0.2, 0) is 4.74 Å². The molecule has 0 aromatic rings. The molecule has 0 aromatic heterocycles. The zero-order valence-electron chi connectivity index (χ0n) is 16.1. The van der Waals surface area contributed by atoms with Gasteiger partial charge in [-0.1, -0.05) is 25.7 Å². The van der Waals surface area contributed by atoms with Gasteiger partial charge >= 0.3 is 0 Å². The van der Waals surface area contributed by atoms with Gasteiger partial charge in [-0.3, -0.25) is 9.89 Å². The maximum Gasteiger partial charge on any atom is 0.191 e. The van der Waals surface area contributed by atoms with Crippen LogP contribution in [0.5, 0.6) is 0 Å². The second-order valence-electron chi connectivity index (χ2n) is 7.14. The quantitative estimate of drug-likeness (QED) is 0.225. The van der Waals surface area contributed by atoms with Gasteiger partial charge in [0.25, 0.3) is 0 Å². The topological polar surface area (TPSA) is 48.9 Å². The van der Waals surface area contributed by atoms with Crippen LogP contribution in [0.4, 0.5) is 0 Å². The molecule has 0 amide bonds. The highest BCUT2D eigenvalue weighted by atomic mass is 127. The van der Waals surface area contributed by atoms with Crippen molar-refractivity contribution in [3.05, 3.63) is 0 Å². The summed E-state index contributed by atoms with van der Waals surface area (Å²) in [6.07, 6.45) is 10.8. The van der Waals surface area contributed by atoms with E-state index in [-0.39, 0.29) is 24.0 Å². The lowest BCUT2D eigenvalue weighted by molar-refractivity contribution is 0.0372. The molecule has 5 nitrogen and oxygen atoms in total. The maximum absolute atomic E-state index is 5.39. The summed E-state index contributed by atoms with van der Waals surface area (Å²) in [5.74, 6) is 1.98. The van der Waals surface area contributed by atoms with Crippen molar-refractivity contribution in [1.82, 2.24) is 15.5 Å². The van der Waals surface area contributed by atoms with E-state index >= 15 is 0 Å². The van der Waals surface area contributed by atoms with Crippen molar-refractivity contribution >= 4 is 29.9 Å². The Morgan fingerprint density at radius 3 is 2.56 bits per heavy atom. The molecule has 1 saturated carbocycles. The van der Waals surface area contributed by atoms with Crippen LogP contribution in [0.2, 0.25) is 0 Å². The molecule has 25 heavy (non-hydrogen) atoms. The SMILES string of the molecule is CCNC(=NCCCC1CCCC1)NCCCCN1CCOCC1.I. The standard InChI is InChI=1S/C19H38N4O.HI/c1-2-20-19(22-12-7-10-18-8-3-4-9-18)21-11-5-6-13-23-14-16-24-17-15-23;/h18H,2-17H2,1H3,(H2,20,21,22);1H. The molecule has 1 saturated heterocycles. The first-order valence-corrected chi connectivity index (χ1v) is 10.2. The first kappa shape index (κ1) is 23.0. The van der Waals surface area contributed by atoms with E-state index in [2.05, 4.69) is 22.5 Å². The Balaban J connectivity index is 0.00000312. The van der Waals surface area contributed by atoms with Gasteiger partial charge in [-0.25, -0.2) is 0 Å². The molecule has 1 aliphatic carbocycles. The Morgan fingerprint density at radius 2 is 1.84 bits per heavy atom. The lowest BCUT2D eigenvalue weighted by Gasteiger charge is -2.26. The van der Waals surface area contributed by atoms with Gasteiger partial charge in [-0.15, -0.1) is 24.0 Å². The zero-order chi connectivity index (χ0) is 16.9. The van der Waals surface area contributed by atoms with Gasteiger partial charge in [0, 0.05) is 32.7 Å². The molecule has 148 valence electrons. The fourth-order valence-corrected chi connectivity index (χ4v) is 3.70. The van der Waals surface area contributed by atoms with Gasteiger partial charge in [0.05, 0.1) is 13.2 Å². The van der Waals surface area contributed by atoms with Gasteiger partial charge < -0.3 is 15.4 Å². The van der Waals surface area contributed by atoms with Gasteiger partial charge in [-0.05, 0) is 45.1 Å². The van der Waals surface area contributed by atoms with Crippen LogP contribution < -0.4 is 10.6 Å². The predicted octanol–water partition coefficient (Wildman–Crippen LogP) is 3.24. The second kappa shape index (κ2) is 15.0. The van der Waals surface area contributed by atoms with E-state index in [1.54, 1.807) is 0 Å². The van der Waals surface area contributed by atoms with Gasteiger partial charge in [0.2, 0.25) is 0 Å². The first-order chi connectivity index (χ1) is 11.9. The van der Waals surface area contributed by atoms with E-state index in [1.165, 1.54) is 57.9 Å². The van der Waals surface area contributed by atoms with Crippen LogP contribution in [-0.4, -0.2) is 63.3 Å². The minimum absolute atomic E-state index is 0. The fourth-order valence-electron chi connectivity index (χ4n) is 3.70. The maximum atomic E-state index is 5.39. The lowest BCUT2D eigenvalue weighted by Crippen LogP contribution is -2.39. The molecule has 2 fully saturated rings. The summed E-state index contributed by atoms with van der Waals surface area (Å²) in [4.78, 5) is 7.24. The molecule has 0 spiro atoms. The van der Waals surface area contributed by atoms with Crippen molar-refractivity contribution < 1.29 is 4.74 Å². The predicted molar refractivity (Wildman–Crippen MR) is 117 cm³/mol. The Morgan fingerprint density at radius 1 is 1.08 bits per heavy atom. The summed E-state index contributed by atoms with van der Waals surface area (Å²) in [6.45, 7) is 10.2. The summed E-state index contributed by atoms with van der Waals surface area (Å²) in [5, 5.41) is 6.85. The number of nitrogens with zero attached hydrogens (tertiary/aromatic N) is 2. The fraction of sp³-hybridized carbons (Fsp3) is 0.947. The third-order valence-corrected chi connectivity index (χ3v) is 5.16. The van der Waals surface area contributed by atoms with E-state index in [0.717, 1.165) is 57.8 Å². The molecule has 0 aromatic carbocycles. The van der Waals surface area contributed by atoms with E-state index in [0.29, 0.717) is 0 Å². The number of aliphatic imine (C=N–C) groups is 1. The highest BCUT2D eigenvalue weighted by molar-refractivity contribution is 14.0. The Labute approximate surface area is 171 Å². The van der Waals surface area contributed by atoms with Crippen molar-refractivity contribution in [2.45, 2.75) is 58.3 Å². The molecule has 2 aliphatic rings. The average Bonchev–Trinajstić information content (AvgIpc) is 3.12. The van der Waals surface area contributed by atoms with Crippen molar-refractivity contribution in [1.29, 1.82) is 0 Å². The summed E-state index contributed by atoms with van der Waals surface area (Å²) in [6, 6.07) is 0. The molecule has 2 rings (SSSR count). The van der Waals surface area contributed by atoms with Crippen molar-refractivity contribution in [3.8, 4) is 0 Å². The number of ether oxygens (including phenoxy) is 1. The number of halogens is 1. The summed E-state index contributed by atoms with van der Waals surface area (Å²) in [5.41, 5.74) is 0. The van der Waals surface area contributed by atoms with Crippen LogP contribution in [0.3, 0.4) is 0 Å². The van der Waals surface area contributed by atoms with Gasteiger partial charge in [0.15, 0.2) is 5.96 Å². The van der Waals surface area contributed by atoms with Crippen LogP contribution in [0.15, 0.2) is 4.99 Å². The summed E-state index contributed by atoms with van der Waals surface area (Å²) >= 11 is 0. The normalized spacial score (nSPS) is 19.6. The first-order valence-electron chi connectivity index (χ1n) is 10.2. The molecule has 6 heteroatoms. The Bertz CT molecular complexity index is 342. The molecule has 2 N–H and O–H groups in total. The number of guanidine groups is 1. The summed E-state index contributed by atoms with van der Waals surface area (Å²) < 4.78 is 5.39. The lowest BCUT2D eigenvalue weighted by atomic mass is 10.0. The molecule has 0 radical (unpaired) electrons. The Kier molecular flexibility index (Phi) is 13.8. The van der Waals surface area contributed by atoms with Gasteiger partial charge in [0.1, 0.15) is 0 Å². The molecular weight excluding hydrogens is 427 g/mol. The van der Waals surface area contributed by atoms with Crippen molar-refractivity contribution in [2.75, 3.05) is 52.5 Å². The number of nitrogens with one attached hydrogen (secondary N) is 2. The molecular formula is C19H39IN4O. The molecule has 1 heterocycles. The molecule has 0 unspecified atom stereocenters. The van der Waals surface area contributed by atoms with E-state index in [4.69, 9.17) is 9.73 Å². The summed E-state index contributed by atoms with van der Waals surface area (Å²) in [7, 11) is 0. The highest BCUT2D eigenvalue weighted by Gasteiger charge is 2.13.